The number of nitrogens with zero attached hydrogens (tertiary/aromatic N) is 1. The topological polar surface area (TPSA) is 32.3 Å². The Morgan fingerprint density at radius 3 is 2.47 bits per heavy atom. The van der Waals surface area contributed by atoms with E-state index in [9.17, 15) is 4.79 Å². The lowest BCUT2D eigenvalue weighted by Gasteiger charge is -2.30. The van der Waals surface area contributed by atoms with E-state index in [1.807, 2.05) is 7.05 Å². The number of rotatable bonds is 5. The predicted molar refractivity (Wildman–Crippen MR) is 62.7 cm³/mol. The fourth-order valence-electron chi connectivity index (χ4n) is 2.32. The van der Waals surface area contributed by atoms with E-state index in [0.29, 0.717) is 18.5 Å². The van der Waals surface area contributed by atoms with Gasteiger partial charge in [-0.25, -0.2) is 0 Å². The molecule has 0 aromatic rings. The molecule has 1 amide bonds. The van der Waals surface area contributed by atoms with Gasteiger partial charge in [-0.05, 0) is 25.8 Å². The van der Waals surface area contributed by atoms with Crippen LogP contribution in [0.5, 0.6) is 0 Å². The van der Waals surface area contributed by atoms with Crippen LogP contribution in [0.4, 0.5) is 0 Å². The van der Waals surface area contributed by atoms with Crippen molar-refractivity contribution in [2.45, 2.75) is 45.6 Å². The summed E-state index contributed by atoms with van der Waals surface area (Å²) in [5.74, 6) is 0.824. The van der Waals surface area contributed by atoms with Gasteiger partial charge in [-0.2, -0.15) is 0 Å². The van der Waals surface area contributed by atoms with E-state index in [0.717, 1.165) is 6.54 Å². The first-order valence-electron chi connectivity index (χ1n) is 6.09. The van der Waals surface area contributed by atoms with Crippen molar-refractivity contribution in [2.24, 2.45) is 5.92 Å². The summed E-state index contributed by atoms with van der Waals surface area (Å²) in [7, 11) is 1.83. The molecule has 1 N–H and O–H groups in total. The molecule has 0 spiro atoms. The van der Waals surface area contributed by atoms with Gasteiger partial charge in [-0.3, -0.25) is 4.79 Å². The third-order valence-electron chi connectivity index (χ3n) is 2.98. The number of hydrogen-bond donors (Lipinski definition) is 1. The second-order valence-corrected chi connectivity index (χ2v) is 4.91. The van der Waals surface area contributed by atoms with E-state index in [1.165, 1.54) is 25.7 Å². The van der Waals surface area contributed by atoms with Crippen LogP contribution in [0.3, 0.4) is 0 Å². The highest BCUT2D eigenvalue weighted by atomic mass is 16.2. The lowest BCUT2D eigenvalue weighted by Crippen LogP contribution is -2.44. The van der Waals surface area contributed by atoms with Gasteiger partial charge in [0, 0.05) is 12.6 Å². The summed E-state index contributed by atoms with van der Waals surface area (Å²) < 4.78 is 0. The summed E-state index contributed by atoms with van der Waals surface area (Å²) in [5, 5.41) is 2.95. The monoisotopic (exact) mass is 212 g/mol. The summed E-state index contributed by atoms with van der Waals surface area (Å²) >= 11 is 0. The molecule has 1 aliphatic carbocycles. The average molecular weight is 212 g/mol. The van der Waals surface area contributed by atoms with Crippen molar-refractivity contribution >= 4 is 5.91 Å². The summed E-state index contributed by atoms with van der Waals surface area (Å²) in [6, 6.07) is 0.508. The van der Waals surface area contributed by atoms with Crippen molar-refractivity contribution in [3.63, 3.8) is 0 Å². The number of amides is 1. The van der Waals surface area contributed by atoms with Crippen LogP contribution in [0, 0.1) is 5.92 Å². The Morgan fingerprint density at radius 1 is 1.40 bits per heavy atom. The van der Waals surface area contributed by atoms with Gasteiger partial charge in [0.25, 0.3) is 0 Å². The Kier molecular flexibility index (Phi) is 5.09. The highest BCUT2D eigenvalue weighted by Gasteiger charge is 2.26. The van der Waals surface area contributed by atoms with Crippen LogP contribution in [0.25, 0.3) is 0 Å². The van der Waals surface area contributed by atoms with Gasteiger partial charge < -0.3 is 10.2 Å². The van der Waals surface area contributed by atoms with E-state index in [4.69, 9.17) is 0 Å². The maximum absolute atomic E-state index is 11.9. The number of hydrogen-bond acceptors (Lipinski definition) is 2. The summed E-state index contributed by atoms with van der Waals surface area (Å²) in [4.78, 5) is 14.0. The third kappa shape index (κ3) is 3.82. The third-order valence-corrected chi connectivity index (χ3v) is 2.98. The fourth-order valence-corrected chi connectivity index (χ4v) is 2.32. The van der Waals surface area contributed by atoms with Crippen LogP contribution in [0.1, 0.15) is 39.5 Å². The van der Waals surface area contributed by atoms with Crippen molar-refractivity contribution < 1.29 is 4.79 Å². The van der Waals surface area contributed by atoms with Gasteiger partial charge in [0.15, 0.2) is 0 Å². The summed E-state index contributed by atoms with van der Waals surface area (Å²) in [6.45, 7) is 5.73. The zero-order valence-electron chi connectivity index (χ0n) is 10.3. The molecule has 1 rings (SSSR count). The standard InChI is InChI=1S/C12H24N2O/c1-10(2)9-14(12(15)8-13-3)11-6-4-5-7-11/h10-11,13H,4-9H2,1-3H3. The maximum atomic E-state index is 11.9. The molecule has 0 aliphatic heterocycles. The first kappa shape index (κ1) is 12.5. The average Bonchev–Trinajstić information content (AvgIpc) is 2.66. The van der Waals surface area contributed by atoms with Crippen molar-refractivity contribution in [2.75, 3.05) is 20.1 Å². The summed E-state index contributed by atoms with van der Waals surface area (Å²) in [6.07, 6.45) is 4.96. The SMILES string of the molecule is CNCC(=O)N(CC(C)C)C1CCCC1. The number of carbonyl (C=O) groups excluding carboxylic acids is 1. The van der Waals surface area contributed by atoms with Crippen LogP contribution < -0.4 is 5.32 Å². The maximum Gasteiger partial charge on any atom is 0.236 e. The Labute approximate surface area is 93.2 Å². The molecule has 0 unspecified atom stereocenters. The van der Waals surface area contributed by atoms with Gasteiger partial charge in [0.05, 0.1) is 6.54 Å². The Bertz CT molecular complexity index is 198. The molecule has 1 fully saturated rings. The minimum Gasteiger partial charge on any atom is -0.338 e. The van der Waals surface area contributed by atoms with Crippen molar-refractivity contribution in [3.8, 4) is 0 Å². The Hall–Kier alpha value is -0.570. The molecule has 0 heterocycles. The van der Waals surface area contributed by atoms with Crippen LogP contribution in [0.2, 0.25) is 0 Å². The number of nitrogens with one attached hydrogen (secondary N) is 1. The highest BCUT2D eigenvalue weighted by Crippen LogP contribution is 2.24. The molecule has 1 saturated carbocycles. The number of carbonyl (C=O) groups is 1. The van der Waals surface area contributed by atoms with Crippen LogP contribution in [-0.4, -0.2) is 37.0 Å². The first-order chi connectivity index (χ1) is 7.15. The lowest BCUT2D eigenvalue weighted by atomic mass is 10.1. The molecule has 0 aromatic carbocycles. The van der Waals surface area contributed by atoms with Gasteiger partial charge in [0.2, 0.25) is 5.91 Å². The molecular weight excluding hydrogens is 188 g/mol. The van der Waals surface area contributed by atoms with Crippen LogP contribution in [-0.2, 0) is 4.79 Å². The Balaban J connectivity index is 2.54. The van der Waals surface area contributed by atoms with E-state index in [2.05, 4.69) is 24.1 Å². The van der Waals surface area contributed by atoms with E-state index in [-0.39, 0.29) is 5.91 Å². The fraction of sp³-hybridized carbons (Fsp3) is 0.917. The predicted octanol–water partition coefficient (Wildman–Crippen LogP) is 1.63. The quantitative estimate of drug-likeness (QED) is 0.751. The van der Waals surface area contributed by atoms with E-state index < -0.39 is 0 Å². The van der Waals surface area contributed by atoms with Crippen LogP contribution in [0.15, 0.2) is 0 Å². The summed E-state index contributed by atoms with van der Waals surface area (Å²) in [5.41, 5.74) is 0. The first-order valence-corrected chi connectivity index (χ1v) is 6.09. The second kappa shape index (κ2) is 6.11. The molecular formula is C12H24N2O. The largest absolute Gasteiger partial charge is 0.338 e. The molecule has 88 valence electrons. The van der Waals surface area contributed by atoms with Gasteiger partial charge in [-0.15, -0.1) is 0 Å². The normalized spacial score (nSPS) is 17.3. The van der Waals surface area contributed by atoms with Crippen molar-refractivity contribution in [1.29, 1.82) is 0 Å². The molecule has 3 nitrogen and oxygen atoms in total. The zero-order valence-corrected chi connectivity index (χ0v) is 10.3. The van der Waals surface area contributed by atoms with Gasteiger partial charge in [0.1, 0.15) is 0 Å². The smallest absolute Gasteiger partial charge is 0.236 e. The second-order valence-electron chi connectivity index (χ2n) is 4.91. The van der Waals surface area contributed by atoms with Crippen LogP contribution >= 0.6 is 0 Å². The molecule has 0 bridgehead atoms. The van der Waals surface area contributed by atoms with Gasteiger partial charge in [-0.1, -0.05) is 26.7 Å². The molecule has 0 atom stereocenters. The Morgan fingerprint density at radius 2 is 2.00 bits per heavy atom. The lowest BCUT2D eigenvalue weighted by molar-refractivity contribution is -0.133. The molecule has 0 saturated heterocycles. The highest BCUT2D eigenvalue weighted by molar-refractivity contribution is 5.78. The molecule has 15 heavy (non-hydrogen) atoms. The number of likely N-dealkylation sites (N-methyl/N-ethyl adjacent to an activating group) is 1. The van der Waals surface area contributed by atoms with Crippen molar-refractivity contribution in [3.05, 3.63) is 0 Å². The minimum atomic E-state index is 0.262. The molecule has 1 aliphatic rings. The molecule has 3 heteroatoms. The molecule has 0 radical (unpaired) electrons. The van der Waals surface area contributed by atoms with Crippen molar-refractivity contribution in [1.82, 2.24) is 10.2 Å². The van der Waals surface area contributed by atoms with E-state index in [1.54, 1.807) is 0 Å². The zero-order chi connectivity index (χ0) is 11.3. The van der Waals surface area contributed by atoms with E-state index >= 15 is 0 Å². The minimum absolute atomic E-state index is 0.262. The van der Waals surface area contributed by atoms with Gasteiger partial charge >= 0.3 is 0 Å². The molecule has 0 aromatic heterocycles.